The number of aliphatic hydroxyl groups is 1. The fourth-order valence-corrected chi connectivity index (χ4v) is 2.26. The van der Waals surface area contributed by atoms with Crippen molar-refractivity contribution < 1.29 is 34.5 Å². The number of rotatable bonds is 12. The zero-order valence-electron chi connectivity index (χ0n) is 14.1. The minimum atomic E-state index is -1.39. The molecular formula is C14H25N3O7S. The molecule has 0 unspecified atom stereocenters. The Hall–Kier alpha value is -1.85. The van der Waals surface area contributed by atoms with E-state index in [0.29, 0.717) is 5.75 Å². The second-order valence-electron chi connectivity index (χ2n) is 5.44. The van der Waals surface area contributed by atoms with Crippen molar-refractivity contribution in [3.63, 3.8) is 0 Å². The maximum Gasteiger partial charge on any atom is 0.326 e. The summed E-state index contributed by atoms with van der Waals surface area (Å²) in [5.74, 6) is -3.54. The number of carbonyl (C=O) groups is 4. The van der Waals surface area contributed by atoms with E-state index in [4.69, 9.17) is 15.9 Å². The van der Waals surface area contributed by atoms with Crippen LogP contribution in [0.5, 0.6) is 0 Å². The molecule has 144 valence electrons. The minimum absolute atomic E-state index is 0.219. The van der Waals surface area contributed by atoms with Gasteiger partial charge in [0.2, 0.25) is 11.8 Å². The molecule has 25 heavy (non-hydrogen) atoms. The third-order valence-corrected chi connectivity index (χ3v) is 3.97. The summed E-state index contributed by atoms with van der Waals surface area (Å²) in [5.41, 5.74) is 5.51. The van der Waals surface area contributed by atoms with Gasteiger partial charge < -0.3 is 31.7 Å². The number of aliphatic hydroxyl groups excluding tert-OH is 1. The molecular weight excluding hydrogens is 354 g/mol. The van der Waals surface area contributed by atoms with Gasteiger partial charge in [-0.15, -0.1) is 0 Å². The zero-order valence-corrected chi connectivity index (χ0v) is 14.9. The fourth-order valence-electron chi connectivity index (χ4n) is 1.79. The molecule has 0 aliphatic rings. The van der Waals surface area contributed by atoms with Gasteiger partial charge in [0.15, 0.2) is 0 Å². The Labute approximate surface area is 149 Å². The van der Waals surface area contributed by atoms with Crippen LogP contribution in [0.1, 0.15) is 26.2 Å². The molecule has 7 N–H and O–H groups in total. The highest BCUT2D eigenvalue weighted by Gasteiger charge is 2.29. The lowest BCUT2D eigenvalue weighted by molar-refractivity contribution is -0.143. The second kappa shape index (κ2) is 11.7. The van der Waals surface area contributed by atoms with E-state index in [0.717, 1.165) is 0 Å². The highest BCUT2D eigenvalue weighted by atomic mass is 32.2. The van der Waals surface area contributed by atoms with E-state index in [1.807, 2.05) is 0 Å². The number of hydrogen-bond acceptors (Lipinski definition) is 7. The van der Waals surface area contributed by atoms with Gasteiger partial charge in [0.1, 0.15) is 18.1 Å². The highest BCUT2D eigenvalue weighted by Crippen LogP contribution is 2.05. The van der Waals surface area contributed by atoms with Crippen LogP contribution in [-0.2, 0) is 19.2 Å². The number of carboxylic acid groups (broad SMARTS) is 2. The fraction of sp³-hybridized carbons (Fsp3) is 0.714. The number of hydrogen-bond donors (Lipinski definition) is 6. The van der Waals surface area contributed by atoms with Crippen LogP contribution in [0.15, 0.2) is 0 Å². The number of thioether (sulfide) groups is 1. The first-order valence-electron chi connectivity index (χ1n) is 7.58. The third kappa shape index (κ3) is 9.27. The molecule has 0 saturated heterocycles. The highest BCUT2D eigenvalue weighted by molar-refractivity contribution is 7.98. The molecule has 0 aliphatic carbocycles. The standard InChI is InChI=1S/C14H25N3O7S/c1-7(18)11(15)13(22)16-8(5-6-25-2)12(21)17-9(14(23)24)3-4-10(19)20/h7-9,11,18H,3-6,15H2,1-2H3,(H,16,22)(H,17,21)(H,19,20)(H,23,24)/t7-,8+,9+,11+/m1/s1. The Bertz CT molecular complexity index is 487. The molecule has 10 nitrogen and oxygen atoms in total. The molecule has 0 aromatic carbocycles. The molecule has 11 heteroatoms. The van der Waals surface area contributed by atoms with Crippen molar-refractivity contribution in [3.05, 3.63) is 0 Å². The Morgan fingerprint density at radius 2 is 1.60 bits per heavy atom. The van der Waals surface area contributed by atoms with Gasteiger partial charge in [-0.05, 0) is 31.8 Å². The van der Waals surface area contributed by atoms with Crippen molar-refractivity contribution in [1.82, 2.24) is 10.6 Å². The Morgan fingerprint density at radius 3 is 2.04 bits per heavy atom. The second-order valence-corrected chi connectivity index (χ2v) is 6.43. The third-order valence-electron chi connectivity index (χ3n) is 3.33. The van der Waals surface area contributed by atoms with Gasteiger partial charge in [-0.1, -0.05) is 0 Å². The maximum absolute atomic E-state index is 12.3. The SMILES string of the molecule is CSCC[C@H](NC(=O)[C@@H](N)[C@@H](C)O)C(=O)N[C@@H](CCC(=O)O)C(=O)O. The van der Waals surface area contributed by atoms with Crippen molar-refractivity contribution in [1.29, 1.82) is 0 Å². The molecule has 0 radical (unpaired) electrons. The monoisotopic (exact) mass is 379 g/mol. The first-order valence-corrected chi connectivity index (χ1v) is 8.97. The molecule has 0 spiro atoms. The summed E-state index contributed by atoms with van der Waals surface area (Å²) in [6.07, 6.45) is 0.187. The van der Waals surface area contributed by atoms with Crippen LogP contribution < -0.4 is 16.4 Å². The first-order chi connectivity index (χ1) is 11.6. The topological polar surface area (TPSA) is 179 Å². The molecule has 0 aromatic heterocycles. The van der Waals surface area contributed by atoms with Crippen LogP contribution in [0.4, 0.5) is 0 Å². The number of nitrogens with one attached hydrogen (secondary N) is 2. The number of carbonyl (C=O) groups excluding carboxylic acids is 2. The van der Waals surface area contributed by atoms with Crippen LogP contribution in [0.2, 0.25) is 0 Å². The summed E-state index contributed by atoms with van der Waals surface area (Å²) in [6, 6.07) is -3.66. The van der Waals surface area contributed by atoms with Crippen molar-refractivity contribution in [2.75, 3.05) is 12.0 Å². The van der Waals surface area contributed by atoms with Crippen LogP contribution in [-0.4, -0.2) is 75.3 Å². The van der Waals surface area contributed by atoms with E-state index >= 15 is 0 Å². The largest absolute Gasteiger partial charge is 0.481 e. The van der Waals surface area contributed by atoms with Gasteiger partial charge in [0.05, 0.1) is 6.10 Å². The summed E-state index contributed by atoms with van der Waals surface area (Å²) in [6.45, 7) is 1.33. The molecule has 0 aromatic rings. The van der Waals surface area contributed by atoms with Crippen LogP contribution in [0.25, 0.3) is 0 Å². The normalized spacial score (nSPS) is 15.5. The number of aliphatic carboxylic acids is 2. The Morgan fingerprint density at radius 1 is 1.04 bits per heavy atom. The summed E-state index contributed by atoms with van der Waals surface area (Å²) in [5, 5.41) is 31.7. The summed E-state index contributed by atoms with van der Waals surface area (Å²) in [7, 11) is 0. The van der Waals surface area contributed by atoms with Gasteiger partial charge in [-0.3, -0.25) is 14.4 Å². The van der Waals surface area contributed by atoms with Crippen LogP contribution in [0, 0.1) is 0 Å². The maximum atomic E-state index is 12.3. The molecule has 0 heterocycles. The van der Waals surface area contributed by atoms with E-state index in [2.05, 4.69) is 10.6 Å². The van der Waals surface area contributed by atoms with E-state index in [9.17, 15) is 24.3 Å². The average Bonchev–Trinajstić information content (AvgIpc) is 2.53. The van der Waals surface area contributed by atoms with Crippen molar-refractivity contribution >= 4 is 35.5 Å². The lowest BCUT2D eigenvalue weighted by Gasteiger charge is -2.23. The lowest BCUT2D eigenvalue weighted by Crippen LogP contribution is -2.56. The van der Waals surface area contributed by atoms with Crippen LogP contribution >= 0.6 is 11.8 Å². The summed E-state index contributed by atoms with van der Waals surface area (Å²) >= 11 is 1.42. The van der Waals surface area contributed by atoms with E-state index < -0.39 is 54.4 Å². The summed E-state index contributed by atoms with van der Waals surface area (Å²) < 4.78 is 0. The molecule has 4 atom stereocenters. The lowest BCUT2D eigenvalue weighted by atomic mass is 10.1. The van der Waals surface area contributed by atoms with Gasteiger partial charge in [0.25, 0.3) is 0 Å². The predicted molar refractivity (Wildman–Crippen MR) is 91.0 cm³/mol. The first kappa shape index (κ1) is 23.1. The van der Waals surface area contributed by atoms with Gasteiger partial charge in [-0.2, -0.15) is 11.8 Å². The van der Waals surface area contributed by atoms with Gasteiger partial charge >= 0.3 is 11.9 Å². The summed E-state index contributed by atoms with van der Waals surface area (Å²) in [4.78, 5) is 45.9. The van der Waals surface area contributed by atoms with Crippen molar-refractivity contribution in [2.45, 2.75) is 50.4 Å². The molecule has 2 amide bonds. The zero-order chi connectivity index (χ0) is 19.6. The predicted octanol–water partition coefficient (Wildman–Crippen LogP) is -1.63. The molecule has 0 rings (SSSR count). The Balaban J connectivity index is 4.98. The van der Waals surface area contributed by atoms with Crippen molar-refractivity contribution in [3.8, 4) is 0 Å². The number of carboxylic acids is 2. The average molecular weight is 379 g/mol. The molecule has 0 aliphatic heterocycles. The van der Waals surface area contributed by atoms with Gasteiger partial charge in [0, 0.05) is 6.42 Å². The molecule has 0 bridgehead atoms. The van der Waals surface area contributed by atoms with Gasteiger partial charge in [-0.25, -0.2) is 4.79 Å². The number of nitrogens with two attached hydrogens (primary N) is 1. The molecule has 0 fully saturated rings. The van der Waals surface area contributed by atoms with Crippen molar-refractivity contribution in [2.24, 2.45) is 5.73 Å². The minimum Gasteiger partial charge on any atom is -0.481 e. The van der Waals surface area contributed by atoms with E-state index in [1.165, 1.54) is 18.7 Å². The number of amides is 2. The molecule has 0 saturated carbocycles. The van der Waals surface area contributed by atoms with Crippen LogP contribution in [0.3, 0.4) is 0 Å². The Kier molecular flexibility index (Phi) is 10.8. The van der Waals surface area contributed by atoms with E-state index in [-0.39, 0.29) is 12.8 Å². The van der Waals surface area contributed by atoms with E-state index in [1.54, 1.807) is 6.26 Å². The smallest absolute Gasteiger partial charge is 0.326 e. The quantitative estimate of drug-likeness (QED) is 0.232.